The molecule has 0 aliphatic heterocycles. The number of aliphatic hydroxyl groups excluding tert-OH is 1. The van der Waals surface area contributed by atoms with Gasteiger partial charge in [0.15, 0.2) is 6.29 Å². The Morgan fingerprint density at radius 3 is 1.53 bits per heavy atom. The van der Waals surface area contributed by atoms with Crippen LogP contribution in [0.1, 0.15) is 105 Å². The lowest BCUT2D eigenvalue weighted by Crippen LogP contribution is -2.51. The Balaban J connectivity index is 5.21. The summed E-state index contributed by atoms with van der Waals surface area (Å²) in [6.07, 6.45) is 10.2. The molecule has 0 spiro atoms. The Morgan fingerprint density at radius 1 is 0.625 bits per heavy atom. The Morgan fingerprint density at radius 2 is 1.06 bits per heavy atom. The molecule has 0 saturated carbocycles. The van der Waals surface area contributed by atoms with Crippen LogP contribution in [-0.4, -0.2) is 68.8 Å². The van der Waals surface area contributed by atoms with Crippen molar-refractivity contribution in [2.75, 3.05) is 33.0 Å². The van der Waals surface area contributed by atoms with Crippen molar-refractivity contribution in [3.8, 4) is 0 Å². The van der Waals surface area contributed by atoms with Crippen LogP contribution in [0.4, 0.5) is 0 Å². The standard InChI is InChI=1S/C26H52O6/c1-5-9-13-17-29-22-23(28)25(31-19-15-11-7-3)26(32-20-16-12-8-4)24(21-27)30-18-14-10-6-2/h21,23-26,28H,5-20,22H2,1-4H3/t23-,24-,25-,26-/m1/s1. The largest absolute Gasteiger partial charge is 0.388 e. The maximum atomic E-state index is 12.0. The molecular formula is C26H52O6. The number of unbranched alkanes of at least 4 members (excludes halogenated alkanes) is 8. The van der Waals surface area contributed by atoms with E-state index in [0.29, 0.717) is 26.4 Å². The first-order chi connectivity index (χ1) is 15.7. The van der Waals surface area contributed by atoms with Crippen molar-refractivity contribution in [3.63, 3.8) is 0 Å². The van der Waals surface area contributed by atoms with Crippen LogP contribution in [0, 0.1) is 0 Å². The third-order valence-corrected chi connectivity index (χ3v) is 5.52. The summed E-state index contributed by atoms with van der Waals surface area (Å²) in [5.41, 5.74) is 0. The highest BCUT2D eigenvalue weighted by molar-refractivity contribution is 5.57. The van der Waals surface area contributed by atoms with E-state index in [4.69, 9.17) is 18.9 Å². The number of carbonyl (C=O) groups is 1. The van der Waals surface area contributed by atoms with Gasteiger partial charge in [-0.1, -0.05) is 79.1 Å². The minimum Gasteiger partial charge on any atom is -0.388 e. The van der Waals surface area contributed by atoms with Crippen LogP contribution >= 0.6 is 0 Å². The second-order valence-electron chi connectivity index (χ2n) is 8.61. The molecule has 0 saturated heterocycles. The molecule has 0 aliphatic rings. The molecule has 6 heteroatoms. The Kier molecular flexibility index (Phi) is 23.2. The zero-order valence-electron chi connectivity index (χ0n) is 21.4. The summed E-state index contributed by atoms with van der Waals surface area (Å²) in [6.45, 7) is 10.9. The van der Waals surface area contributed by atoms with E-state index in [1.165, 1.54) is 0 Å². The van der Waals surface area contributed by atoms with Gasteiger partial charge in [-0.3, -0.25) is 0 Å². The first-order valence-electron chi connectivity index (χ1n) is 13.2. The maximum Gasteiger partial charge on any atom is 0.151 e. The molecule has 0 amide bonds. The van der Waals surface area contributed by atoms with Gasteiger partial charge in [0.1, 0.15) is 24.4 Å². The Bertz CT molecular complexity index is 393. The molecule has 32 heavy (non-hydrogen) atoms. The third-order valence-electron chi connectivity index (χ3n) is 5.52. The second-order valence-corrected chi connectivity index (χ2v) is 8.61. The highest BCUT2D eigenvalue weighted by atomic mass is 16.6. The van der Waals surface area contributed by atoms with Gasteiger partial charge in [0.05, 0.1) is 6.61 Å². The fourth-order valence-corrected chi connectivity index (χ4v) is 3.48. The van der Waals surface area contributed by atoms with Crippen molar-refractivity contribution in [2.45, 2.75) is 129 Å². The van der Waals surface area contributed by atoms with Gasteiger partial charge in [-0.15, -0.1) is 0 Å². The fraction of sp³-hybridized carbons (Fsp3) is 0.962. The summed E-state index contributed by atoms with van der Waals surface area (Å²) >= 11 is 0. The van der Waals surface area contributed by atoms with Crippen molar-refractivity contribution < 1.29 is 28.8 Å². The van der Waals surface area contributed by atoms with E-state index in [1.54, 1.807) is 0 Å². The zero-order chi connectivity index (χ0) is 23.9. The lowest BCUT2D eigenvalue weighted by atomic mass is 10.0. The molecule has 0 fully saturated rings. The van der Waals surface area contributed by atoms with Crippen LogP contribution in [0.2, 0.25) is 0 Å². The zero-order valence-corrected chi connectivity index (χ0v) is 21.4. The van der Waals surface area contributed by atoms with Gasteiger partial charge in [-0.05, 0) is 25.7 Å². The highest BCUT2D eigenvalue weighted by Gasteiger charge is 2.37. The molecule has 4 atom stereocenters. The van der Waals surface area contributed by atoms with Gasteiger partial charge in [0.2, 0.25) is 0 Å². The summed E-state index contributed by atoms with van der Waals surface area (Å²) in [7, 11) is 0. The van der Waals surface area contributed by atoms with E-state index in [0.717, 1.165) is 83.3 Å². The molecule has 0 aromatic carbocycles. The molecule has 0 aromatic heterocycles. The van der Waals surface area contributed by atoms with E-state index in [9.17, 15) is 9.90 Å². The van der Waals surface area contributed by atoms with Crippen molar-refractivity contribution >= 4 is 6.29 Å². The quantitative estimate of drug-likeness (QED) is 0.144. The fourth-order valence-electron chi connectivity index (χ4n) is 3.48. The maximum absolute atomic E-state index is 12.0. The van der Waals surface area contributed by atoms with Gasteiger partial charge in [-0.2, -0.15) is 0 Å². The Hall–Kier alpha value is -0.530. The van der Waals surface area contributed by atoms with E-state index in [-0.39, 0.29) is 6.61 Å². The second kappa shape index (κ2) is 23.6. The summed E-state index contributed by atoms with van der Waals surface area (Å²) < 4.78 is 23.9. The molecule has 0 unspecified atom stereocenters. The first kappa shape index (κ1) is 31.5. The van der Waals surface area contributed by atoms with Crippen molar-refractivity contribution in [1.29, 1.82) is 0 Å². The van der Waals surface area contributed by atoms with Crippen LogP contribution < -0.4 is 0 Å². The van der Waals surface area contributed by atoms with Crippen LogP contribution in [-0.2, 0) is 23.7 Å². The van der Waals surface area contributed by atoms with E-state index in [2.05, 4.69) is 27.7 Å². The number of carbonyl (C=O) groups excluding carboxylic acids is 1. The number of aliphatic hydroxyl groups is 1. The van der Waals surface area contributed by atoms with Crippen LogP contribution in [0.3, 0.4) is 0 Å². The van der Waals surface area contributed by atoms with Crippen molar-refractivity contribution in [2.24, 2.45) is 0 Å². The van der Waals surface area contributed by atoms with Gasteiger partial charge in [-0.25, -0.2) is 0 Å². The average molecular weight is 461 g/mol. The molecule has 192 valence electrons. The molecule has 0 aliphatic carbocycles. The number of rotatable bonds is 25. The van der Waals surface area contributed by atoms with Crippen LogP contribution in [0.5, 0.6) is 0 Å². The molecule has 0 bridgehead atoms. The summed E-state index contributed by atoms with van der Waals surface area (Å²) in [5.74, 6) is 0. The average Bonchev–Trinajstić information content (AvgIpc) is 2.80. The minimum absolute atomic E-state index is 0.165. The van der Waals surface area contributed by atoms with Crippen molar-refractivity contribution in [3.05, 3.63) is 0 Å². The van der Waals surface area contributed by atoms with Gasteiger partial charge >= 0.3 is 0 Å². The summed E-state index contributed by atoms with van der Waals surface area (Å²) in [4.78, 5) is 12.0. The van der Waals surface area contributed by atoms with Gasteiger partial charge in [0.25, 0.3) is 0 Å². The van der Waals surface area contributed by atoms with Gasteiger partial charge < -0.3 is 28.8 Å². The van der Waals surface area contributed by atoms with E-state index < -0.39 is 24.4 Å². The van der Waals surface area contributed by atoms with Crippen LogP contribution in [0.15, 0.2) is 0 Å². The monoisotopic (exact) mass is 460 g/mol. The molecule has 1 N–H and O–H groups in total. The predicted molar refractivity (Wildman–Crippen MR) is 130 cm³/mol. The lowest BCUT2D eigenvalue weighted by Gasteiger charge is -2.34. The number of hydrogen-bond acceptors (Lipinski definition) is 6. The summed E-state index contributed by atoms with van der Waals surface area (Å²) in [5, 5.41) is 10.9. The highest BCUT2D eigenvalue weighted by Crippen LogP contribution is 2.18. The van der Waals surface area contributed by atoms with E-state index in [1.807, 2.05) is 0 Å². The molecule has 0 radical (unpaired) electrons. The SMILES string of the molecule is CCCCCOC[C@@H](O)[C@@H](OCCCCC)[C@H](OCCCCC)[C@@H](C=O)OCCCCC. The molecular weight excluding hydrogens is 408 g/mol. The smallest absolute Gasteiger partial charge is 0.151 e. The lowest BCUT2D eigenvalue weighted by molar-refractivity contribution is -0.177. The summed E-state index contributed by atoms with van der Waals surface area (Å²) in [6, 6.07) is 0. The molecule has 0 heterocycles. The first-order valence-corrected chi connectivity index (χ1v) is 13.2. The number of ether oxygens (including phenoxy) is 4. The number of hydrogen-bond donors (Lipinski definition) is 1. The van der Waals surface area contributed by atoms with Crippen LogP contribution in [0.25, 0.3) is 0 Å². The molecule has 6 nitrogen and oxygen atoms in total. The minimum atomic E-state index is -0.879. The Labute approximate surface area is 197 Å². The third kappa shape index (κ3) is 16.1. The van der Waals surface area contributed by atoms with Gasteiger partial charge in [0, 0.05) is 26.4 Å². The van der Waals surface area contributed by atoms with E-state index >= 15 is 0 Å². The normalized spacial score (nSPS) is 15.4. The topological polar surface area (TPSA) is 74.2 Å². The number of aldehydes is 1. The molecule has 0 rings (SSSR count). The predicted octanol–water partition coefficient (Wildman–Crippen LogP) is 5.48. The molecule has 0 aromatic rings. The van der Waals surface area contributed by atoms with Crippen molar-refractivity contribution in [1.82, 2.24) is 0 Å².